The predicted molar refractivity (Wildman–Crippen MR) is 81.8 cm³/mol. The Morgan fingerprint density at radius 3 is 2.86 bits per heavy atom. The number of fused-ring (bicyclic) bond motifs is 1. The van der Waals surface area contributed by atoms with Gasteiger partial charge in [-0.3, -0.25) is 4.79 Å². The van der Waals surface area contributed by atoms with Crippen LogP contribution >= 0.6 is 11.6 Å². The van der Waals surface area contributed by atoms with Crippen molar-refractivity contribution in [2.24, 2.45) is 0 Å². The van der Waals surface area contributed by atoms with Crippen molar-refractivity contribution in [2.75, 3.05) is 5.32 Å². The molecule has 106 valence electrons. The van der Waals surface area contributed by atoms with Crippen molar-refractivity contribution in [3.63, 3.8) is 0 Å². The maximum Gasteiger partial charge on any atom is 0.257 e. The highest BCUT2D eigenvalue weighted by Gasteiger charge is 2.13. The minimum absolute atomic E-state index is 0.269. The summed E-state index contributed by atoms with van der Waals surface area (Å²) in [5, 5.41) is 7.56. The number of aromatic nitrogens is 3. The van der Waals surface area contributed by atoms with Crippen LogP contribution in [0.1, 0.15) is 23.1 Å². The van der Waals surface area contributed by atoms with E-state index in [9.17, 15) is 4.79 Å². The number of aryl methyl sites for hydroxylation is 1. The molecule has 0 aliphatic rings. The molecule has 0 aliphatic heterocycles. The number of rotatable bonds is 3. The van der Waals surface area contributed by atoms with Crippen LogP contribution in [0.4, 0.5) is 5.69 Å². The van der Waals surface area contributed by atoms with Crippen molar-refractivity contribution >= 4 is 28.8 Å². The largest absolute Gasteiger partial charge is 0.319 e. The van der Waals surface area contributed by atoms with Gasteiger partial charge in [0.2, 0.25) is 0 Å². The molecule has 0 saturated heterocycles. The van der Waals surface area contributed by atoms with E-state index >= 15 is 0 Å². The van der Waals surface area contributed by atoms with E-state index in [-0.39, 0.29) is 5.91 Å². The lowest BCUT2D eigenvalue weighted by atomic mass is 10.2. The fraction of sp³-hybridized carbons (Fsp3) is 0.133. The van der Waals surface area contributed by atoms with Gasteiger partial charge in [-0.05, 0) is 24.3 Å². The normalized spacial score (nSPS) is 10.8. The summed E-state index contributed by atoms with van der Waals surface area (Å²) in [6.07, 6.45) is 2.53. The van der Waals surface area contributed by atoms with Gasteiger partial charge in [0.1, 0.15) is 0 Å². The van der Waals surface area contributed by atoms with Gasteiger partial charge < -0.3 is 5.32 Å². The Hall–Kier alpha value is -2.40. The number of amides is 1. The first-order valence-corrected chi connectivity index (χ1v) is 6.97. The number of anilines is 1. The number of nitrogens with zero attached hydrogens (tertiary/aromatic N) is 3. The Kier molecular flexibility index (Phi) is 3.58. The number of pyridine rings is 1. The van der Waals surface area contributed by atoms with Crippen LogP contribution in [0, 0.1) is 0 Å². The highest BCUT2D eigenvalue weighted by molar-refractivity contribution is 6.34. The van der Waals surface area contributed by atoms with E-state index in [0.29, 0.717) is 21.9 Å². The molecule has 5 nitrogen and oxygen atoms in total. The van der Waals surface area contributed by atoms with E-state index in [0.717, 1.165) is 12.2 Å². The number of halogens is 1. The van der Waals surface area contributed by atoms with E-state index in [4.69, 9.17) is 11.6 Å². The zero-order chi connectivity index (χ0) is 14.8. The number of hydrogen-bond donors (Lipinski definition) is 1. The quantitative estimate of drug-likeness (QED) is 0.808. The van der Waals surface area contributed by atoms with Crippen LogP contribution in [-0.2, 0) is 6.42 Å². The van der Waals surface area contributed by atoms with Crippen molar-refractivity contribution in [1.82, 2.24) is 14.6 Å². The summed E-state index contributed by atoms with van der Waals surface area (Å²) in [4.78, 5) is 16.7. The lowest BCUT2D eigenvalue weighted by molar-refractivity contribution is 0.102. The molecule has 0 aliphatic carbocycles. The Morgan fingerprint density at radius 1 is 1.29 bits per heavy atom. The molecular formula is C15H13ClN4O. The van der Waals surface area contributed by atoms with E-state index in [2.05, 4.69) is 15.4 Å². The van der Waals surface area contributed by atoms with Crippen LogP contribution in [0.25, 0.3) is 5.65 Å². The summed E-state index contributed by atoms with van der Waals surface area (Å²) in [6.45, 7) is 1.98. The molecule has 0 saturated carbocycles. The molecule has 3 rings (SSSR count). The summed E-state index contributed by atoms with van der Waals surface area (Å²) >= 11 is 6.04. The molecule has 6 heteroatoms. The second-order valence-corrected chi connectivity index (χ2v) is 4.91. The highest BCUT2D eigenvalue weighted by atomic mass is 35.5. The van der Waals surface area contributed by atoms with Crippen LogP contribution < -0.4 is 5.32 Å². The smallest absolute Gasteiger partial charge is 0.257 e. The first-order valence-electron chi connectivity index (χ1n) is 6.59. The minimum Gasteiger partial charge on any atom is -0.319 e. The molecular weight excluding hydrogens is 288 g/mol. The van der Waals surface area contributed by atoms with E-state index < -0.39 is 0 Å². The third-order valence-corrected chi connectivity index (χ3v) is 3.42. The monoisotopic (exact) mass is 300 g/mol. The molecule has 21 heavy (non-hydrogen) atoms. The van der Waals surface area contributed by atoms with Crippen LogP contribution in [0.2, 0.25) is 5.02 Å². The number of hydrogen-bond acceptors (Lipinski definition) is 3. The second kappa shape index (κ2) is 5.54. The fourth-order valence-corrected chi connectivity index (χ4v) is 2.25. The first kappa shape index (κ1) is 13.6. The third-order valence-electron chi connectivity index (χ3n) is 3.09. The Balaban J connectivity index is 1.96. The molecule has 1 amide bonds. The van der Waals surface area contributed by atoms with Gasteiger partial charge in [0, 0.05) is 12.6 Å². The van der Waals surface area contributed by atoms with Crippen LogP contribution in [0.5, 0.6) is 0 Å². The third kappa shape index (κ3) is 2.60. The average molecular weight is 301 g/mol. The topological polar surface area (TPSA) is 59.3 Å². The van der Waals surface area contributed by atoms with Crippen molar-refractivity contribution in [3.8, 4) is 0 Å². The summed E-state index contributed by atoms with van der Waals surface area (Å²) in [7, 11) is 0. The highest BCUT2D eigenvalue weighted by Crippen LogP contribution is 2.19. The average Bonchev–Trinajstić information content (AvgIpc) is 2.92. The molecule has 2 aromatic heterocycles. The van der Waals surface area contributed by atoms with Crippen LogP contribution in [-0.4, -0.2) is 20.5 Å². The molecule has 0 atom stereocenters. The molecule has 3 aromatic rings. The molecule has 0 fully saturated rings. The lowest BCUT2D eigenvalue weighted by Gasteiger charge is -2.07. The molecule has 0 bridgehead atoms. The minimum atomic E-state index is -0.269. The molecule has 0 spiro atoms. The van der Waals surface area contributed by atoms with E-state index in [1.807, 2.05) is 13.0 Å². The Labute approximate surface area is 126 Å². The van der Waals surface area contributed by atoms with Crippen molar-refractivity contribution in [1.29, 1.82) is 0 Å². The summed E-state index contributed by atoms with van der Waals surface area (Å²) in [5.74, 6) is 0.462. The molecule has 0 unspecified atom stereocenters. The molecule has 0 radical (unpaired) electrons. The lowest BCUT2D eigenvalue weighted by Crippen LogP contribution is -2.13. The first-order chi connectivity index (χ1) is 10.2. The van der Waals surface area contributed by atoms with Crippen LogP contribution in [0.15, 0.2) is 42.6 Å². The van der Waals surface area contributed by atoms with Gasteiger partial charge in [0.05, 0.1) is 16.3 Å². The van der Waals surface area contributed by atoms with Gasteiger partial charge in [0.25, 0.3) is 5.91 Å². The number of benzene rings is 1. The van der Waals surface area contributed by atoms with E-state index in [1.165, 1.54) is 0 Å². The van der Waals surface area contributed by atoms with Crippen molar-refractivity contribution < 1.29 is 4.79 Å². The molecule has 2 heterocycles. The van der Waals surface area contributed by atoms with Gasteiger partial charge in [-0.2, -0.15) is 5.10 Å². The van der Waals surface area contributed by atoms with Gasteiger partial charge in [-0.15, -0.1) is 0 Å². The summed E-state index contributed by atoms with van der Waals surface area (Å²) in [5.41, 5.74) is 1.65. The van der Waals surface area contributed by atoms with Gasteiger partial charge in [-0.25, -0.2) is 9.50 Å². The number of carbonyl (C=O) groups is 1. The standard InChI is InChI=1S/C15H13ClN4O/c1-2-13-18-14-12(8-5-9-20(14)19-13)17-15(21)10-6-3-4-7-11(10)16/h3-9H,2H2,1H3,(H,17,21). The summed E-state index contributed by atoms with van der Waals surface area (Å²) < 4.78 is 1.65. The van der Waals surface area contributed by atoms with Crippen LogP contribution in [0.3, 0.4) is 0 Å². The van der Waals surface area contributed by atoms with Crippen molar-refractivity contribution in [3.05, 3.63) is 59.0 Å². The zero-order valence-corrected chi connectivity index (χ0v) is 12.1. The zero-order valence-electron chi connectivity index (χ0n) is 11.4. The maximum atomic E-state index is 12.3. The second-order valence-electron chi connectivity index (χ2n) is 4.51. The predicted octanol–water partition coefficient (Wildman–Crippen LogP) is 3.20. The van der Waals surface area contributed by atoms with E-state index in [1.54, 1.807) is 41.0 Å². The number of carbonyl (C=O) groups excluding carboxylic acids is 1. The molecule has 1 aromatic carbocycles. The van der Waals surface area contributed by atoms with Gasteiger partial charge in [-0.1, -0.05) is 30.7 Å². The number of nitrogens with one attached hydrogen (secondary N) is 1. The maximum absolute atomic E-state index is 12.3. The van der Waals surface area contributed by atoms with Gasteiger partial charge >= 0.3 is 0 Å². The van der Waals surface area contributed by atoms with Gasteiger partial charge in [0.15, 0.2) is 11.5 Å². The SMILES string of the molecule is CCc1nc2c(NC(=O)c3ccccc3Cl)cccn2n1. The molecule has 1 N–H and O–H groups in total. The Bertz CT molecular complexity index is 812. The fourth-order valence-electron chi connectivity index (χ4n) is 2.03. The Morgan fingerprint density at radius 2 is 2.10 bits per heavy atom. The summed E-state index contributed by atoms with van der Waals surface area (Å²) in [6, 6.07) is 10.5. The van der Waals surface area contributed by atoms with Crippen molar-refractivity contribution in [2.45, 2.75) is 13.3 Å².